The van der Waals surface area contributed by atoms with Crippen molar-refractivity contribution in [2.75, 3.05) is 0 Å². The maximum Gasteiger partial charge on any atom is 0.142 e. The first kappa shape index (κ1) is 7.80. The molecule has 1 aromatic heterocycles. The zero-order chi connectivity index (χ0) is 9.10. The number of carbonyl (C=O) groups excluding carboxylic acids is 1. The van der Waals surface area contributed by atoms with Crippen LogP contribution >= 0.6 is 0 Å². The van der Waals surface area contributed by atoms with Crippen LogP contribution < -0.4 is 0 Å². The van der Waals surface area contributed by atoms with Crippen LogP contribution in [0, 0.1) is 0 Å². The molecule has 1 N–H and O–H groups in total. The molecule has 0 spiro atoms. The Labute approximate surface area is 75.9 Å². The Bertz CT molecular complexity index is 454. The highest BCUT2D eigenvalue weighted by Crippen LogP contribution is 2.18. The van der Waals surface area contributed by atoms with E-state index in [0.717, 1.165) is 22.8 Å². The van der Waals surface area contributed by atoms with Crippen molar-refractivity contribution in [2.45, 2.75) is 0 Å². The molecule has 0 unspecified atom stereocenters. The summed E-state index contributed by atoms with van der Waals surface area (Å²) in [7, 11) is 0. The minimum Gasteiger partial charge on any atom is -0.361 e. The fraction of sp³-hybridized carbons (Fsp3) is 0. The van der Waals surface area contributed by atoms with Gasteiger partial charge < -0.3 is 4.98 Å². The van der Waals surface area contributed by atoms with E-state index in [1.807, 2.05) is 30.5 Å². The van der Waals surface area contributed by atoms with Crippen molar-refractivity contribution in [3.63, 3.8) is 0 Å². The van der Waals surface area contributed by atoms with Gasteiger partial charge in [-0.05, 0) is 23.8 Å². The topological polar surface area (TPSA) is 32.9 Å². The molecule has 0 radical (unpaired) electrons. The lowest BCUT2D eigenvalue weighted by Crippen LogP contribution is -1.67. The summed E-state index contributed by atoms with van der Waals surface area (Å²) in [6, 6.07) is 7.99. The molecule has 13 heavy (non-hydrogen) atoms. The van der Waals surface area contributed by atoms with Gasteiger partial charge in [-0.2, -0.15) is 0 Å². The highest BCUT2D eigenvalue weighted by Gasteiger charge is 1.97. The molecule has 2 heteroatoms. The van der Waals surface area contributed by atoms with E-state index < -0.39 is 0 Å². The number of fused-ring (bicyclic) bond motifs is 1. The first-order valence-electron chi connectivity index (χ1n) is 4.10. The second-order valence-corrected chi connectivity index (χ2v) is 2.78. The molecule has 0 fully saturated rings. The van der Waals surface area contributed by atoms with Crippen LogP contribution in [0.15, 0.2) is 36.5 Å². The monoisotopic (exact) mass is 171 g/mol. The maximum atomic E-state index is 10.1. The lowest BCUT2D eigenvalue weighted by atomic mass is 10.2. The van der Waals surface area contributed by atoms with E-state index in [1.54, 1.807) is 6.08 Å². The van der Waals surface area contributed by atoms with E-state index in [1.165, 1.54) is 6.08 Å². The molecular formula is C11H9NO. The molecule has 0 aliphatic rings. The Morgan fingerprint density at radius 2 is 2.08 bits per heavy atom. The number of aromatic nitrogens is 1. The molecule has 1 heterocycles. The predicted molar refractivity (Wildman–Crippen MR) is 53.4 cm³/mol. The van der Waals surface area contributed by atoms with Gasteiger partial charge in [-0.25, -0.2) is 0 Å². The Morgan fingerprint density at radius 1 is 1.23 bits per heavy atom. The molecule has 64 valence electrons. The van der Waals surface area contributed by atoms with E-state index in [0.29, 0.717) is 0 Å². The minimum atomic E-state index is 0.780. The molecule has 2 rings (SSSR count). The largest absolute Gasteiger partial charge is 0.361 e. The first-order chi connectivity index (χ1) is 6.42. The third-order valence-corrected chi connectivity index (χ3v) is 1.98. The normalized spacial score (nSPS) is 11.1. The van der Waals surface area contributed by atoms with Crippen LogP contribution in [0.3, 0.4) is 0 Å². The van der Waals surface area contributed by atoms with Crippen LogP contribution in [-0.4, -0.2) is 11.3 Å². The van der Waals surface area contributed by atoms with Crippen molar-refractivity contribution in [3.05, 3.63) is 42.1 Å². The van der Waals surface area contributed by atoms with E-state index in [-0.39, 0.29) is 0 Å². The molecule has 0 bridgehead atoms. The summed E-state index contributed by atoms with van der Waals surface area (Å²) in [5, 5.41) is 1.14. The summed E-state index contributed by atoms with van der Waals surface area (Å²) in [4.78, 5) is 13.3. The van der Waals surface area contributed by atoms with Gasteiger partial charge in [-0.15, -0.1) is 0 Å². The van der Waals surface area contributed by atoms with Gasteiger partial charge in [0, 0.05) is 17.1 Å². The van der Waals surface area contributed by atoms with E-state index in [4.69, 9.17) is 0 Å². The van der Waals surface area contributed by atoms with Crippen molar-refractivity contribution in [3.8, 4) is 0 Å². The van der Waals surface area contributed by atoms with Gasteiger partial charge in [0.25, 0.3) is 0 Å². The number of nitrogens with one attached hydrogen (secondary N) is 1. The van der Waals surface area contributed by atoms with Crippen LogP contribution in [0.1, 0.15) is 5.56 Å². The summed E-state index contributed by atoms with van der Waals surface area (Å²) < 4.78 is 0. The van der Waals surface area contributed by atoms with Crippen LogP contribution in [-0.2, 0) is 4.79 Å². The second kappa shape index (κ2) is 3.27. The minimum absolute atomic E-state index is 0.780. The number of H-pyrrole nitrogens is 1. The molecular weight excluding hydrogens is 162 g/mol. The standard InChI is InChI=1S/C11H9NO/c13-7-3-4-9-8-12-11-6-2-1-5-10(9)11/h1-8,12H. The fourth-order valence-corrected chi connectivity index (χ4v) is 1.37. The van der Waals surface area contributed by atoms with E-state index >= 15 is 0 Å². The van der Waals surface area contributed by atoms with Gasteiger partial charge >= 0.3 is 0 Å². The van der Waals surface area contributed by atoms with Crippen LogP contribution in [0.2, 0.25) is 0 Å². The molecule has 2 nitrogen and oxygen atoms in total. The summed E-state index contributed by atoms with van der Waals surface area (Å²) in [5.74, 6) is 0. The Hall–Kier alpha value is -1.83. The third kappa shape index (κ3) is 1.38. The van der Waals surface area contributed by atoms with Crippen LogP contribution in [0.5, 0.6) is 0 Å². The van der Waals surface area contributed by atoms with Gasteiger partial charge in [0.1, 0.15) is 6.29 Å². The average molecular weight is 171 g/mol. The summed E-state index contributed by atoms with van der Waals surface area (Å²) in [5.41, 5.74) is 2.13. The number of aromatic amines is 1. The van der Waals surface area contributed by atoms with Gasteiger partial charge in [0.05, 0.1) is 0 Å². The Morgan fingerprint density at radius 3 is 2.92 bits per heavy atom. The van der Waals surface area contributed by atoms with Gasteiger partial charge in [-0.3, -0.25) is 4.79 Å². The Kier molecular flexibility index (Phi) is 1.96. The lowest BCUT2D eigenvalue weighted by molar-refractivity contribution is -0.104. The van der Waals surface area contributed by atoms with Crippen molar-refractivity contribution >= 4 is 23.3 Å². The molecule has 1 aromatic carbocycles. The quantitative estimate of drug-likeness (QED) is 0.546. The molecule has 0 saturated carbocycles. The molecule has 0 aliphatic carbocycles. The molecule has 0 aliphatic heterocycles. The number of para-hydroxylation sites is 1. The lowest BCUT2D eigenvalue weighted by Gasteiger charge is -1.88. The zero-order valence-corrected chi connectivity index (χ0v) is 7.03. The van der Waals surface area contributed by atoms with Crippen molar-refractivity contribution in [1.82, 2.24) is 4.98 Å². The molecule has 0 saturated heterocycles. The van der Waals surface area contributed by atoms with Crippen molar-refractivity contribution in [1.29, 1.82) is 0 Å². The van der Waals surface area contributed by atoms with Gasteiger partial charge in [0.15, 0.2) is 0 Å². The number of benzene rings is 1. The average Bonchev–Trinajstić information content (AvgIpc) is 2.58. The second-order valence-electron chi connectivity index (χ2n) is 2.78. The van der Waals surface area contributed by atoms with E-state index in [9.17, 15) is 4.79 Å². The van der Waals surface area contributed by atoms with Crippen molar-refractivity contribution < 1.29 is 4.79 Å². The highest BCUT2D eigenvalue weighted by molar-refractivity contribution is 5.90. The van der Waals surface area contributed by atoms with Crippen LogP contribution in [0.4, 0.5) is 0 Å². The van der Waals surface area contributed by atoms with Crippen molar-refractivity contribution in [2.24, 2.45) is 0 Å². The number of rotatable bonds is 2. The smallest absolute Gasteiger partial charge is 0.142 e. The SMILES string of the molecule is O=CC=Cc1c[nH]c2ccccc12. The maximum absolute atomic E-state index is 10.1. The number of carbonyl (C=O) groups is 1. The first-order valence-corrected chi connectivity index (χ1v) is 4.10. The summed E-state index contributed by atoms with van der Waals surface area (Å²) >= 11 is 0. The number of aldehydes is 1. The number of hydrogen-bond donors (Lipinski definition) is 1. The van der Waals surface area contributed by atoms with Gasteiger partial charge in [-0.1, -0.05) is 18.2 Å². The number of hydrogen-bond acceptors (Lipinski definition) is 1. The van der Waals surface area contributed by atoms with Crippen LogP contribution in [0.25, 0.3) is 17.0 Å². The molecule has 2 aromatic rings. The zero-order valence-electron chi connectivity index (χ0n) is 7.03. The fourth-order valence-electron chi connectivity index (χ4n) is 1.37. The molecule has 0 amide bonds. The summed E-state index contributed by atoms with van der Waals surface area (Å²) in [6.07, 6.45) is 5.97. The molecule has 0 atom stereocenters. The summed E-state index contributed by atoms with van der Waals surface area (Å²) in [6.45, 7) is 0. The van der Waals surface area contributed by atoms with Gasteiger partial charge in [0.2, 0.25) is 0 Å². The van der Waals surface area contributed by atoms with E-state index in [2.05, 4.69) is 4.98 Å². The predicted octanol–water partition coefficient (Wildman–Crippen LogP) is 2.38. The Balaban J connectivity index is 2.57. The third-order valence-electron chi connectivity index (χ3n) is 1.98. The highest BCUT2D eigenvalue weighted by atomic mass is 16.1. The number of allylic oxidation sites excluding steroid dienone is 1.